The van der Waals surface area contributed by atoms with E-state index < -0.39 is 0 Å². The molecule has 1 aliphatic rings. The predicted octanol–water partition coefficient (Wildman–Crippen LogP) is 4.63. The summed E-state index contributed by atoms with van der Waals surface area (Å²) in [4.78, 5) is 17.3. The number of rotatable bonds is 4. The minimum atomic E-state index is -0.121. The van der Waals surface area contributed by atoms with Crippen LogP contribution in [0.2, 0.25) is 0 Å². The number of thiazole rings is 1. The molecule has 1 atom stereocenters. The number of nitrogens with one attached hydrogen (secondary N) is 1. The van der Waals surface area contributed by atoms with Crippen LogP contribution in [0, 0.1) is 0 Å². The van der Waals surface area contributed by atoms with Crippen LogP contribution in [0.4, 0.5) is 0 Å². The van der Waals surface area contributed by atoms with E-state index in [0.29, 0.717) is 5.69 Å². The van der Waals surface area contributed by atoms with Crippen LogP contribution >= 0.6 is 11.3 Å². The molecule has 1 aromatic heterocycles. The largest absolute Gasteiger partial charge is 0.496 e. The van der Waals surface area contributed by atoms with Crippen molar-refractivity contribution >= 4 is 17.2 Å². The molecule has 4 nitrogen and oxygen atoms in total. The molecule has 0 fully saturated rings. The number of aromatic nitrogens is 1. The summed E-state index contributed by atoms with van der Waals surface area (Å²) < 4.78 is 5.40. The van der Waals surface area contributed by atoms with E-state index in [9.17, 15) is 4.79 Å². The molecule has 0 aliphatic heterocycles. The molecule has 4 rings (SSSR count). The van der Waals surface area contributed by atoms with Gasteiger partial charge in [-0.2, -0.15) is 0 Å². The number of hydrogen-bond donors (Lipinski definition) is 1. The second-order valence-electron chi connectivity index (χ2n) is 6.36. The second-order valence-corrected chi connectivity index (χ2v) is 7.21. The van der Waals surface area contributed by atoms with E-state index in [1.165, 1.54) is 22.5 Å². The van der Waals surface area contributed by atoms with E-state index >= 15 is 0 Å². The van der Waals surface area contributed by atoms with Crippen LogP contribution < -0.4 is 10.1 Å². The number of amides is 1. The standard InChI is InChI=1S/C21H20N2O2S/c1-25-19-12-5-4-10-16(19)21-23-18(13-26-21)20(24)22-17-11-6-8-14-7-2-3-9-15(14)17/h2-5,7,9-10,12-13,17H,6,8,11H2,1H3,(H,22,24). The number of para-hydroxylation sites is 1. The number of benzene rings is 2. The summed E-state index contributed by atoms with van der Waals surface area (Å²) >= 11 is 1.46. The van der Waals surface area contributed by atoms with Gasteiger partial charge in [0, 0.05) is 5.38 Å². The Kier molecular flexibility index (Phi) is 4.71. The van der Waals surface area contributed by atoms with Gasteiger partial charge in [0.05, 0.1) is 18.7 Å². The van der Waals surface area contributed by atoms with Crippen molar-refractivity contribution in [3.63, 3.8) is 0 Å². The smallest absolute Gasteiger partial charge is 0.271 e. The highest BCUT2D eigenvalue weighted by molar-refractivity contribution is 7.13. The van der Waals surface area contributed by atoms with Crippen LogP contribution in [0.15, 0.2) is 53.9 Å². The maximum atomic E-state index is 12.7. The molecule has 5 heteroatoms. The van der Waals surface area contributed by atoms with Gasteiger partial charge in [0.1, 0.15) is 16.5 Å². The van der Waals surface area contributed by atoms with E-state index in [2.05, 4.69) is 28.5 Å². The Morgan fingerprint density at radius 1 is 1.19 bits per heavy atom. The normalized spacial score (nSPS) is 16.0. The Labute approximate surface area is 156 Å². The van der Waals surface area contributed by atoms with Gasteiger partial charge < -0.3 is 10.1 Å². The van der Waals surface area contributed by atoms with Crippen LogP contribution in [-0.2, 0) is 6.42 Å². The first kappa shape index (κ1) is 16.8. The molecule has 2 aromatic carbocycles. The highest BCUT2D eigenvalue weighted by Gasteiger charge is 2.23. The van der Waals surface area contributed by atoms with E-state index in [-0.39, 0.29) is 11.9 Å². The van der Waals surface area contributed by atoms with E-state index in [0.717, 1.165) is 35.6 Å². The SMILES string of the molecule is COc1ccccc1-c1nc(C(=O)NC2CCCc3ccccc32)cs1. The number of fused-ring (bicyclic) bond motifs is 1. The Hall–Kier alpha value is -2.66. The van der Waals surface area contributed by atoms with Crippen LogP contribution in [0.25, 0.3) is 10.6 Å². The molecule has 132 valence electrons. The maximum Gasteiger partial charge on any atom is 0.271 e. The van der Waals surface area contributed by atoms with Gasteiger partial charge in [-0.1, -0.05) is 36.4 Å². The summed E-state index contributed by atoms with van der Waals surface area (Å²) in [6.07, 6.45) is 3.13. The third kappa shape index (κ3) is 3.22. The third-order valence-electron chi connectivity index (χ3n) is 4.75. The maximum absolute atomic E-state index is 12.7. The number of aryl methyl sites for hydroxylation is 1. The van der Waals surface area contributed by atoms with Crippen LogP contribution in [0.1, 0.15) is 40.5 Å². The average Bonchev–Trinajstić information content (AvgIpc) is 3.18. The number of nitrogens with zero attached hydrogens (tertiary/aromatic N) is 1. The highest BCUT2D eigenvalue weighted by atomic mass is 32.1. The van der Waals surface area contributed by atoms with Gasteiger partial charge in [0.25, 0.3) is 5.91 Å². The Balaban J connectivity index is 1.55. The fourth-order valence-corrected chi connectivity index (χ4v) is 4.29. The molecular weight excluding hydrogens is 344 g/mol. The van der Waals surface area contributed by atoms with Crippen molar-refractivity contribution in [2.45, 2.75) is 25.3 Å². The quantitative estimate of drug-likeness (QED) is 0.734. The molecule has 1 N–H and O–H groups in total. The highest BCUT2D eigenvalue weighted by Crippen LogP contribution is 2.33. The molecule has 1 heterocycles. The summed E-state index contributed by atoms with van der Waals surface area (Å²) in [6, 6.07) is 16.1. The molecule has 1 amide bonds. The van der Waals surface area contributed by atoms with Gasteiger partial charge in [0.15, 0.2) is 0 Å². The zero-order valence-corrected chi connectivity index (χ0v) is 15.4. The molecule has 0 spiro atoms. The van der Waals surface area contributed by atoms with Crippen molar-refractivity contribution < 1.29 is 9.53 Å². The summed E-state index contributed by atoms with van der Waals surface area (Å²) in [5.41, 5.74) is 3.92. The first-order valence-corrected chi connectivity index (χ1v) is 9.62. The van der Waals surface area contributed by atoms with Crippen molar-refractivity contribution in [2.24, 2.45) is 0 Å². The van der Waals surface area contributed by atoms with E-state index in [4.69, 9.17) is 4.74 Å². The lowest BCUT2D eigenvalue weighted by atomic mass is 9.88. The van der Waals surface area contributed by atoms with Crippen molar-refractivity contribution in [3.8, 4) is 16.3 Å². The van der Waals surface area contributed by atoms with Gasteiger partial charge >= 0.3 is 0 Å². The molecule has 0 saturated heterocycles. The van der Waals surface area contributed by atoms with Crippen molar-refractivity contribution in [1.82, 2.24) is 10.3 Å². The summed E-state index contributed by atoms with van der Waals surface area (Å²) in [7, 11) is 1.64. The van der Waals surface area contributed by atoms with Crippen LogP contribution in [0.5, 0.6) is 5.75 Å². The van der Waals surface area contributed by atoms with Crippen LogP contribution in [-0.4, -0.2) is 18.0 Å². The summed E-state index contributed by atoms with van der Waals surface area (Å²) in [5, 5.41) is 5.76. The molecular formula is C21H20N2O2S. The van der Waals surface area contributed by atoms with Gasteiger partial charge in [0.2, 0.25) is 0 Å². The van der Waals surface area contributed by atoms with Crippen LogP contribution in [0.3, 0.4) is 0 Å². The monoisotopic (exact) mass is 364 g/mol. The zero-order chi connectivity index (χ0) is 17.9. The molecule has 3 aromatic rings. The zero-order valence-electron chi connectivity index (χ0n) is 14.6. The minimum Gasteiger partial charge on any atom is -0.496 e. The second kappa shape index (κ2) is 7.30. The number of hydrogen-bond acceptors (Lipinski definition) is 4. The Morgan fingerprint density at radius 3 is 2.88 bits per heavy atom. The van der Waals surface area contributed by atoms with Gasteiger partial charge in [-0.05, 0) is 42.5 Å². The number of ether oxygens (including phenoxy) is 1. The van der Waals surface area contributed by atoms with Crippen molar-refractivity contribution in [1.29, 1.82) is 0 Å². The summed E-state index contributed by atoms with van der Waals surface area (Å²) in [5.74, 6) is 0.638. The van der Waals surface area contributed by atoms with Gasteiger partial charge in [-0.25, -0.2) is 4.98 Å². The molecule has 26 heavy (non-hydrogen) atoms. The average molecular weight is 364 g/mol. The Bertz CT molecular complexity index is 935. The van der Waals surface area contributed by atoms with Gasteiger partial charge in [-0.3, -0.25) is 4.79 Å². The minimum absolute atomic E-state index is 0.0591. The van der Waals surface area contributed by atoms with Crippen molar-refractivity contribution in [3.05, 3.63) is 70.7 Å². The number of carbonyl (C=O) groups is 1. The summed E-state index contributed by atoms with van der Waals surface area (Å²) in [6.45, 7) is 0. The fraction of sp³-hybridized carbons (Fsp3) is 0.238. The Morgan fingerprint density at radius 2 is 2.00 bits per heavy atom. The molecule has 1 unspecified atom stereocenters. The third-order valence-corrected chi connectivity index (χ3v) is 5.62. The van der Waals surface area contributed by atoms with E-state index in [1.54, 1.807) is 7.11 Å². The molecule has 0 radical (unpaired) electrons. The number of carbonyl (C=O) groups excluding carboxylic acids is 1. The van der Waals surface area contributed by atoms with E-state index in [1.807, 2.05) is 35.7 Å². The first-order chi connectivity index (χ1) is 12.8. The lowest BCUT2D eigenvalue weighted by Crippen LogP contribution is -2.31. The first-order valence-electron chi connectivity index (χ1n) is 8.74. The molecule has 0 bridgehead atoms. The molecule has 1 aliphatic carbocycles. The fourth-order valence-electron chi connectivity index (χ4n) is 3.46. The topological polar surface area (TPSA) is 51.2 Å². The van der Waals surface area contributed by atoms with Crippen molar-refractivity contribution in [2.75, 3.05) is 7.11 Å². The lowest BCUT2D eigenvalue weighted by molar-refractivity contribution is 0.0928. The molecule has 0 saturated carbocycles. The number of methoxy groups -OCH3 is 1. The lowest BCUT2D eigenvalue weighted by Gasteiger charge is -2.26. The predicted molar refractivity (Wildman–Crippen MR) is 104 cm³/mol. The van der Waals surface area contributed by atoms with Gasteiger partial charge in [-0.15, -0.1) is 11.3 Å².